The predicted molar refractivity (Wildman–Crippen MR) is 104 cm³/mol. The number of aromatic nitrogens is 3. The predicted octanol–water partition coefficient (Wildman–Crippen LogP) is 3.29. The molecule has 0 radical (unpaired) electrons. The van der Waals surface area contributed by atoms with Crippen LogP contribution in [0.15, 0.2) is 48.7 Å². The fraction of sp³-hybridized carbons (Fsp3) is 0.333. The number of pyridine rings is 1. The van der Waals surface area contributed by atoms with E-state index >= 15 is 0 Å². The Kier molecular flexibility index (Phi) is 5.06. The third kappa shape index (κ3) is 3.74. The summed E-state index contributed by atoms with van der Waals surface area (Å²) in [6.07, 6.45) is 2.25. The van der Waals surface area contributed by atoms with Crippen molar-refractivity contribution in [3.8, 4) is 0 Å². The van der Waals surface area contributed by atoms with Gasteiger partial charge in [-0.15, -0.1) is 0 Å². The number of carbonyl (C=O) groups is 2. The summed E-state index contributed by atoms with van der Waals surface area (Å²) in [6.45, 7) is 3.63. The standard InChI is InChI=1S/C21H22N4O3/c1-15(26)19-23-18-8-5-10-22-20(18)25(19)13-17-9-11-24(12-17)21(27)28-14-16-6-3-2-4-7-16/h2-8,10,17H,9,11-14H2,1H3/t17-/m0/s1. The number of fused-ring (bicyclic) bond motifs is 1. The summed E-state index contributed by atoms with van der Waals surface area (Å²) >= 11 is 0. The molecule has 1 atom stereocenters. The van der Waals surface area contributed by atoms with Crippen LogP contribution in [0.2, 0.25) is 0 Å². The van der Waals surface area contributed by atoms with E-state index in [2.05, 4.69) is 9.97 Å². The van der Waals surface area contributed by atoms with Gasteiger partial charge >= 0.3 is 6.09 Å². The normalized spacial score (nSPS) is 16.5. The summed E-state index contributed by atoms with van der Waals surface area (Å²) in [5.74, 6) is 0.552. The molecule has 0 bridgehead atoms. The van der Waals surface area contributed by atoms with Crippen molar-refractivity contribution in [1.82, 2.24) is 19.4 Å². The lowest BCUT2D eigenvalue weighted by molar-refractivity contribution is 0.0991. The Morgan fingerprint density at radius 1 is 1.18 bits per heavy atom. The first kappa shape index (κ1) is 18.2. The van der Waals surface area contributed by atoms with Gasteiger partial charge in [-0.2, -0.15) is 0 Å². The second-order valence-electron chi connectivity index (χ2n) is 7.09. The maximum Gasteiger partial charge on any atom is 0.410 e. The van der Waals surface area contributed by atoms with Crippen LogP contribution in [0.4, 0.5) is 4.79 Å². The molecule has 1 saturated heterocycles. The number of amides is 1. The van der Waals surface area contributed by atoms with E-state index in [0.29, 0.717) is 36.6 Å². The lowest BCUT2D eigenvalue weighted by Gasteiger charge is -2.17. The molecule has 4 rings (SSSR count). The lowest BCUT2D eigenvalue weighted by atomic mass is 10.1. The van der Waals surface area contributed by atoms with E-state index in [9.17, 15) is 9.59 Å². The molecule has 3 heterocycles. The van der Waals surface area contributed by atoms with Crippen LogP contribution in [0.1, 0.15) is 29.5 Å². The number of ether oxygens (including phenoxy) is 1. The molecular weight excluding hydrogens is 356 g/mol. The first-order chi connectivity index (χ1) is 13.6. The fourth-order valence-corrected chi connectivity index (χ4v) is 3.62. The van der Waals surface area contributed by atoms with Gasteiger partial charge in [0.05, 0.1) is 0 Å². The number of rotatable bonds is 5. The molecule has 0 N–H and O–H groups in total. The van der Waals surface area contributed by atoms with Crippen molar-refractivity contribution in [3.63, 3.8) is 0 Å². The summed E-state index contributed by atoms with van der Waals surface area (Å²) in [4.78, 5) is 34.9. The van der Waals surface area contributed by atoms with Gasteiger partial charge < -0.3 is 14.2 Å². The number of likely N-dealkylation sites (tertiary alicyclic amines) is 1. The Bertz CT molecular complexity index is 999. The minimum Gasteiger partial charge on any atom is -0.445 e. The highest BCUT2D eigenvalue weighted by Gasteiger charge is 2.29. The topological polar surface area (TPSA) is 77.3 Å². The van der Waals surface area contributed by atoms with Gasteiger partial charge in [0.2, 0.25) is 0 Å². The lowest BCUT2D eigenvalue weighted by Crippen LogP contribution is -2.30. The average molecular weight is 378 g/mol. The Labute approximate surface area is 163 Å². The van der Waals surface area contributed by atoms with Gasteiger partial charge in [0.1, 0.15) is 12.1 Å². The average Bonchev–Trinajstić information content (AvgIpc) is 3.33. The van der Waals surface area contributed by atoms with Crippen LogP contribution in [0.3, 0.4) is 0 Å². The van der Waals surface area contributed by atoms with Gasteiger partial charge in [-0.05, 0) is 30.0 Å². The monoisotopic (exact) mass is 378 g/mol. The number of nitrogens with zero attached hydrogens (tertiary/aromatic N) is 4. The zero-order valence-electron chi connectivity index (χ0n) is 15.7. The van der Waals surface area contributed by atoms with E-state index < -0.39 is 0 Å². The molecule has 7 heteroatoms. The number of Topliss-reactive ketones (excluding diaryl/α,β-unsaturated/α-hetero) is 1. The summed E-state index contributed by atoms with van der Waals surface area (Å²) in [6, 6.07) is 13.3. The van der Waals surface area contributed by atoms with Crippen molar-refractivity contribution < 1.29 is 14.3 Å². The van der Waals surface area contributed by atoms with Crippen LogP contribution in [0, 0.1) is 5.92 Å². The summed E-state index contributed by atoms with van der Waals surface area (Å²) in [5.41, 5.74) is 2.39. The second kappa shape index (κ2) is 7.80. The van der Waals surface area contributed by atoms with Crippen LogP contribution in [0.25, 0.3) is 11.2 Å². The molecule has 1 fully saturated rings. The largest absolute Gasteiger partial charge is 0.445 e. The Hall–Kier alpha value is -3.22. The van der Waals surface area contributed by atoms with Crippen LogP contribution < -0.4 is 0 Å². The van der Waals surface area contributed by atoms with Crippen molar-refractivity contribution in [1.29, 1.82) is 0 Å². The molecule has 144 valence electrons. The number of imidazole rings is 1. The Balaban J connectivity index is 1.41. The van der Waals surface area contributed by atoms with Gasteiger partial charge in [-0.3, -0.25) is 4.79 Å². The van der Waals surface area contributed by atoms with Crippen molar-refractivity contribution in [3.05, 3.63) is 60.0 Å². The third-order valence-electron chi connectivity index (χ3n) is 5.01. The van der Waals surface area contributed by atoms with E-state index in [-0.39, 0.29) is 24.4 Å². The molecule has 1 aliphatic heterocycles. The van der Waals surface area contributed by atoms with E-state index in [4.69, 9.17) is 4.74 Å². The van der Waals surface area contributed by atoms with Crippen LogP contribution in [0.5, 0.6) is 0 Å². The van der Waals surface area contributed by atoms with Crippen molar-refractivity contribution in [2.45, 2.75) is 26.5 Å². The molecule has 0 aliphatic carbocycles. The first-order valence-corrected chi connectivity index (χ1v) is 9.39. The maximum absolute atomic E-state index is 12.4. The molecule has 1 aliphatic rings. The minimum absolute atomic E-state index is 0.0878. The number of ketones is 1. The van der Waals surface area contributed by atoms with Crippen LogP contribution >= 0.6 is 0 Å². The van der Waals surface area contributed by atoms with Gasteiger partial charge in [-0.25, -0.2) is 14.8 Å². The summed E-state index contributed by atoms with van der Waals surface area (Å²) in [5, 5.41) is 0. The zero-order valence-corrected chi connectivity index (χ0v) is 15.7. The summed E-state index contributed by atoms with van der Waals surface area (Å²) in [7, 11) is 0. The SMILES string of the molecule is CC(=O)c1nc2cccnc2n1C[C@H]1CCN(C(=O)OCc2ccccc2)C1. The third-order valence-corrected chi connectivity index (χ3v) is 5.01. The van der Waals surface area contributed by atoms with Gasteiger partial charge in [-0.1, -0.05) is 30.3 Å². The summed E-state index contributed by atoms with van der Waals surface area (Å²) < 4.78 is 7.31. The molecule has 1 aromatic carbocycles. The minimum atomic E-state index is -0.299. The van der Waals surface area contributed by atoms with Crippen LogP contribution in [-0.4, -0.2) is 44.4 Å². The molecule has 28 heavy (non-hydrogen) atoms. The molecule has 0 spiro atoms. The number of carbonyl (C=O) groups excluding carboxylic acids is 2. The number of hydrogen-bond donors (Lipinski definition) is 0. The highest BCUT2D eigenvalue weighted by atomic mass is 16.6. The van der Waals surface area contributed by atoms with Gasteiger partial charge in [0.15, 0.2) is 17.3 Å². The van der Waals surface area contributed by atoms with Crippen molar-refractivity contribution >= 4 is 23.0 Å². The molecule has 2 aromatic heterocycles. The molecule has 3 aromatic rings. The van der Waals surface area contributed by atoms with Gasteiger partial charge in [0, 0.05) is 32.8 Å². The Morgan fingerprint density at radius 2 is 2.00 bits per heavy atom. The van der Waals surface area contributed by atoms with E-state index in [1.54, 1.807) is 11.1 Å². The maximum atomic E-state index is 12.4. The quantitative estimate of drug-likeness (QED) is 0.637. The van der Waals surface area contributed by atoms with Crippen LogP contribution in [-0.2, 0) is 17.9 Å². The van der Waals surface area contributed by atoms with E-state index in [1.165, 1.54) is 6.92 Å². The smallest absolute Gasteiger partial charge is 0.410 e. The van der Waals surface area contributed by atoms with E-state index in [0.717, 1.165) is 12.0 Å². The molecule has 7 nitrogen and oxygen atoms in total. The fourth-order valence-electron chi connectivity index (χ4n) is 3.62. The molecule has 0 unspecified atom stereocenters. The van der Waals surface area contributed by atoms with Crippen molar-refractivity contribution in [2.24, 2.45) is 5.92 Å². The number of benzene rings is 1. The van der Waals surface area contributed by atoms with Crippen molar-refractivity contribution in [2.75, 3.05) is 13.1 Å². The first-order valence-electron chi connectivity index (χ1n) is 9.39. The van der Waals surface area contributed by atoms with Gasteiger partial charge in [0.25, 0.3) is 0 Å². The molecule has 0 saturated carbocycles. The van der Waals surface area contributed by atoms with E-state index in [1.807, 2.05) is 47.0 Å². The zero-order chi connectivity index (χ0) is 19.5. The second-order valence-corrected chi connectivity index (χ2v) is 7.09. The molecule has 1 amide bonds. The number of hydrogen-bond acceptors (Lipinski definition) is 5. The Morgan fingerprint density at radius 3 is 2.79 bits per heavy atom. The molecular formula is C21H22N4O3. The highest BCUT2D eigenvalue weighted by Crippen LogP contribution is 2.23. The highest BCUT2D eigenvalue weighted by molar-refractivity contribution is 5.94.